The summed E-state index contributed by atoms with van der Waals surface area (Å²) >= 11 is 1.91. The number of aliphatic hydroxyl groups is 1. The van der Waals surface area contributed by atoms with Gasteiger partial charge in [0, 0.05) is 5.25 Å². The molecule has 15 heavy (non-hydrogen) atoms. The first-order valence-corrected chi connectivity index (χ1v) is 6.74. The highest BCUT2D eigenvalue weighted by Gasteiger charge is 2.24. The van der Waals surface area contributed by atoms with E-state index < -0.39 is 0 Å². The van der Waals surface area contributed by atoms with Gasteiger partial charge in [-0.25, -0.2) is 0 Å². The first kappa shape index (κ1) is 11.0. The maximum atomic E-state index is 10.2. The highest BCUT2D eigenvalue weighted by Crippen LogP contribution is 2.35. The average Bonchev–Trinajstić information content (AvgIpc) is 2.82. The average molecular weight is 222 g/mol. The lowest BCUT2D eigenvalue weighted by Gasteiger charge is -2.17. The van der Waals surface area contributed by atoms with Crippen molar-refractivity contribution in [3.8, 4) is 0 Å². The summed E-state index contributed by atoms with van der Waals surface area (Å²) in [6.07, 6.45) is 3.19. The molecule has 1 aromatic rings. The largest absolute Gasteiger partial charge is 0.387 e. The minimum Gasteiger partial charge on any atom is -0.387 e. The molecule has 1 nitrogen and oxygen atoms in total. The van der Waals surface area contributed by atoms with Crippen LogP contribution < -0.4 is 0 Å². The third-order valence-electron chi connectivity index (χ3n) is 3.05. The van der Waals surface area contributed by atoms with Gasteiger partial charge in [0.05, 0.1) is 6.10 Å². The highest BCUT2D eigenvalue weighted by atomic mass is 32.2. The van der Waals surface area contributed by atoms with Crippen LogP contribution >= 0.6 is 11.8 Å². The summed E-state index contributed by atoms with van der Waals surface area (Å²) < 4.78 is 0. The smallest absolute Gasteiger partial charge is 0.0908 e. The number of thioether (sulfide) groups is 1. The molecule has 2 atom stereocenters. The highest BCUT2D eigenvalue weighted by molar-refractivity contribution is 8.00. The third kappa shape index (κ3) is 2.56. The Hall–Kier alpha value is -0.470. The standard InChI is InChI=1S/C13H18OS/c1-2-10-5-7-11(8-6-10)13(14)12-4-3-9-15-12/h5-8,12-14H,2-4,9H2,1H3. The number of aliphatic hydroxyl groups excluding tert-OH is 1. The molecule has 2 unspecified atom stereocenters. The molecule has 1 aliphatic rings. The molecule has 82 valence electrons. The lowest BCUT2D eigenvalue weighted by atomic mass is 10.0. The van der Waals surface area contributed by atoms with Crippen molar-refractivity contribution in [1.82, 2.24) is 0 Å². The fourth-order valence-electron chi connectivity index (χ4n) is 2.02. The van der Waals surface area contributed by atoms with Gasteiger partial charge in [-0.1, -0.05) is 31.2 Å². The number of aryl methyl sites for hydroxylation is 1. The molecule has 0 radical (unpaired) electrons. The van der Waals surface area contributed by atoms with Crippen LogP contribution in [0, 0.1) is 0 Å². The Morgan fingerprint density at radius 3 is 2.67 bits per heavy atom. The minimum atomic E-state index is -0.275. The summed E-state index contributed by atoms with van der Waals surface area (Å²) in [5.74, 6) is 1.20. The zero-order chi connectivity index (χ0) is 10.7. The van der Waals surface area contributed by atoms with E-state index in [-0.39, 0.29) is 6.10 Å². The van der Waals surface area contributed by atoms with Crippen LogP contribution in [0.4, 0.5) is 0 Å². The molecule has 1 N–H and O–H groups in total. The van der Waals surface area contributed by atoms with Gasteiger partial charge in [0.15, 0.2) is 0 Å². The number of hydrogen-bond acceptors (Lipinski definition) is 2. The van der Waals surface area contributed by atoms with Gasteiger partial charge in [-0.2, -0.15) is 11.8 Å². The van der Waals surface area contributed by atoms with Crippen LogP contribution in [0.25, 0.3) is 0 Å². The summed E-state index contributed by atoms with van der Waals surface area (Å²) in [6.45, 7) is 2.15. The van der Waals surface area contributed by atoms with Crippen LogP contribution in [0.5, 0.6) is 0 Å². The van der Waals surface area contributed by atoms with Crippen molar-refractivity contribution < 1.29 is 5.11 Å². The lowest BCUT2D eigenvalue weighted by molar-refractivity contribution is 0.173. The molecule has 1 aliphatic heterocycles. The van der Waals surface area contributed by atoms with E-state index >= 15 is 0 Å². The molecule has 1 aromatic carbocycles. The van der Waals surface area contributed by atoms with Gasteiger partial charge in [-0.05, 0) is 36.1 Å². The predicted octanol–water partition coefficient (Wildman–Crippen LogP) is 3.18. The van der Waals surface area contributed by atoms with E-state index in [1.807, 2.05) is 11.8 Å². The monoisotopic (exact) mass is 222 g/mol. The van der Waals surface area contributed by atoms with Crippen LogP contribution in [0.15, 0.2) is 24.3 Å². The van der Waals surface area contributed by atoms with Crippen LogP contribution in [0.3, 0.4) is 0 Å². The molecule has 2 rings (SSSR count). The second-order valence-corrected chi connectivity index (χ2v) is 5.44. The van der Waals surface area contributed by atoms with Crippen molar-refractivity contribution in [2.75, 3.05) is 5.75 Å². The molecule has 0 bridgehead atoms. The number of rotatable bonds is 3. The maximum Gasteiger partial charge on any atom is 0.0908 e. The van der Waals surface area contributed by atoms with E-state index in [9.17, 15) is 5.11 Å². The van der Waals surface area contributed by atoms with Gasteiger partial charge in [0.1, 0.15) is 0 Å². The molecular weight excluding hydrogens is 204 g/mol. The van der Waals surface area contributed by atoms with Gasteiger partial charge >= 0.3 is 0 Å². The fourth-order valence-corrected chi connectivity index (χ4v) is 3.33. The zero-order valence-electron chi connectivity index (χ0n) is 9.15. The Labute approximate surface area is 95.9 Å². The van der Waals surface area contributed by atoms with Crippen molar-refractivity contribution in [1.29, 1.82) is 0 Å². The van der Waals surface area contributed by atoms with Crippen LogP contribution in [-0.2, 0) is 6.42 Å². The van der Waals surface area contributed by atoms with E-state index in [1.54, 1.807) is 0 Å². The Bertz CT molecular complexity index is 301. The van der Waals surface area contributed by atoms with E-state index in [4.69, 9.17) is 0 Å². The topological polar surface area (TPSA) is 20.2 Å². The Morgan fingerprint density at radius 2 is 2.13 bits per heavy atom. The summed E-state index contributed by atoms with van der Waals surface area (Å²) in [5.41, 5.74) is 2.41. The second kappa shape index (κ2) is 5.04. The molecule has 2 heteroatoms. The molecule has 0 spiro atoms. The lowest BCUT2D eigenvalue weighted by Crippen LogP contribution is -2.11. The summed E-state index contributed by atoms with van der Waals surface area (Å²) in [6, 6.07) is 8.39. The van der Waals surface area contributed by atoms with Gasteiger partial charge < -0.3 is 5.11 Å². The summed E-state index contributed by atoms with van der Waals surface area (Å²) in [4.78, 5) is 0. The van der Waals surface area contributed by atoms with Crippen molar-refractivity contribution in [2.24, 2.45) is 0 Å². The first-order chi connectivity index (χ1) is 7.31. The van der Waals surface area contributed by atoms with Gasteiger partial charge in [-0.3, -0.25) is 0 Å². The van der Waals surface area contributed by atoms with Crippen molar-refractivity contribution >= 4 is 11.8 Å². The molecule has 1 heterocycles. The number of benzene rings is 1. The molecular formula is C13H18OS. The maximum absolute atomic E-state index is 10.2. The zero-order valence-corrected chi connectivity index (χ0v) is 9.96. The molecule has 0 aromatic heterocycles. The molecule has 0 saturated carbocycles. The van der Waals surface area contributed by atoms with Crippen molar-refractivity contribution in [3.05, 3.63) is 35.4 Å². The van der Waals surface area contributed by atoms with Crippen molar-refractivity contribution in [2.45, 2.75) is 37.5 Å². The summed E-state index contributed by atoms with van der Waals surface area (Å²) in [7, 11) is 0. The Balaban J connectivity index is 2.07. The van der Waals surface area contributed by atoms with E-state index in [2.05, 4.69) is 31.2 Å². The Morgan fingerprint density at radius 1 is 1.40 bits per heavy atom. The Kier molecular flexibility index (Phi) is 3.71. The van der Waals surface area contributed by atoms with Crippen LogP contribution in [0.1, 0.15) is 37.0 Å². The minimum absolute atomic E-state index is 0.275. The molecule has 1 saturated heterocycles. The quantitative estimate of drug-likeness (QED) is 0.847. The van der Waals surface area contributed by atoms with Gasteiger partial charge in [0.25, 0.3) is 0 Å². The molecule has 0 amide bonds. The first-order valence-electron chi connectivity index (χ1n) is 5.69. The van der Waals surface area contributed by atoms with Crippen LogP contribution in [0.2, 0.25) is 0 Å². The van der Waals surface area contributed by atoms with Crippen molar-refractivity contribution in [3.63, 3.8) is 0 Å². The van der Waals surface area contributed by atoms with Gasteiger partial charge in [-0.15, -0.1) is 0 Å². The van der Waals surface area contributed by atoms with E-state index in [1.165, 1.54) is 17.7 Å². The van der Waals surface area contributed by atoms with Gasteiger partial charge in [0.2, 0.25) is 0 Å². The summed E-state index contributed by atoms with van der Waals surface area (Å²) in [5, 5.41) is 10.6. The fraction of sp³-hybridized carbons (Fsp3) is 0.538. The molecule has 1 fully saturated rings. The molecule has 0 aliphatic carbocycles. The SMILES string of the molecule is CCc1ccc(C(O)C2CCCS2)cc1. The second-order valence-electron chi connectivity index (χ2n) is 4.09. The normalized spacial score (nSPS) is 22.9. The predicted molar refractivity (Wildman–Crippen MR) is 66.3 cm³/mol. The van der Waals surface area contributed by atoms with E-state index in [0.29, 0.717) is 5.25 Å². The van der Waals surface area contributed by atoms with E-state index in [0.717, 1.165) is 18.4 Å². The van der Waals surface area contributed by atoms with Crippen LogP contribution in [-0.4, -0.2) is 16.1 Å². The number of hydrogen-bond donors (Lipinski definition) is 1. The third-order valence-corrected chi connectivity index (χ3v) is 4.49.